The van der Waals surface area contributed by atoms with Crippen molar-refractivity contribution in [3.63, 3.8) is 0 Å². The zero-order valence-electron chi connectivity index (χ0n) is 9.28. The average molecular weight is 245 g/mol. The summed E-state index contributed by atoms with van der Waals surface area (Å²) in [6.07, 6.45) is 0. The highest BCUT2D eigenvalue weighted by Gasteiger charge is 2.23. The number of alkyl halides is 1. The van der Waals surface area contributed by atoms with E-state index in [-0.39, 0.29) is 28.6 Å². The normalized spacial score (nSPS) is 12.0. The van der Waals surface area contributed by atoms with Gasteiger partial charge in [-0.3, -0.25) is 4.79 Å². The molecule has 0 radical (unpaired) electrons. The fourth-order valence-electron chi connectivity index (χ4n) is 1.34. The Morgan fingerprint density at radius 1 is 1.31 bits per heavy atom. The molecular formula is C11H13ClO4. The van der Waals surface area contributed by atoms with Crippen molar-refractivity contribution >= 4 is 17.4 Å². The minimum Gasteiger partial charge on any atom is -0.508 e. The molecule has 4 nitrogen and oxygen atoms in total. The molecule has 0 fully saturated rings. The summed E-state index contributed by atoms with van der Waals surface area (Å²) in [6.45, 7) is 1.57. The number of aromatic hydroxyl groups is 1. The SMILES string of the molecule is COc1cc(O)cc(OC)c1C(=O)C(C)Cl. The number of Topliss-reactive ketones (excluding diaryl/α,β-unsaturated/α-hetero) is 1. The van der Waals surface area contributed by atoms with Crippen LogP contribution in [-0.4, -0.2) is 30.5 Å². The first-order valence-corrected chi connectivity index (χ1v) is 5.08. The van der Waals surface area contributed by atoms with Crippen molar-refractivity contribution in [3.05, 3.63) is 17.7 Å². The molecule has 1 N–H and O–H groups in total. The van der Waals surface area contributed by atoms with E-state index < -0.39 is 5.38 Å². The first-order valence-electron chi connectivity index (χ1n) is 4.64. The Bertz CT molecular complexity index is 376. The van der Waals surface area contributed by atoms with Crippen molar-refractivity contribution < 1.29 is 19.4 Å². The van der Waals surface area contributed by atoms with Gasteiger partial charge in [0.25, 0.3) is 0 Å². The Hall–Kier alpha value is -1.42. The van der Waals surface area contributed by atoms with Gasteiger partial charge in [-0.05, 0) is 6.92 Å². The average Bonchev–Trinajstić information content (AvgIpc) is 2.26. The van der Waals surface area contributed by atoms with Crippen molar-refractivity contribution in [2.24, 2.45) is 0 Å². The van der Waals surface area contributed by atoms with Crippen LogP contribution in [0.3, 0.4) is 0 Å². The van der Waals surface area contributed by atoms with E-state index in [0.29, 0.717) is 0 Å². The Morgan fingerprint density at radius 2 is 1.75 bits per heavy atom. The molecule has 0 bridgehead atoms. The summed E-state index contributed by atoms with van der Waals surface area (Å²) in [6, 6.07) is 2.68. The van der Waals surface area contributed by atoms with E-state index in [1.807, 2.05) is 0 Å². The molecule has 1 rings (SSSR count). The Morgan fingerprint density at radius 3 is 2.06 bits per heavy atom. The molecule has 0 amide bonds. The molecule has 0 spiro atoms. The van der Waals surface area contributed by atoms with E-state index in [2.05, 4.69) is 0 Å². The van der Waals surface area contributed by atoms with E-state index >= 15 is 0 Å². The van der Waals surface area contributed by atoms with Crippen molar-refractivity contribution in [1.82, 2.24) is 0 Å². The standard InChI is InChI=1S/C11H13ClO4/c1-6(12)11(14)10-8(15-2)4-7(13)5-9(10)16-3/h4-6,13H,1-3H3. The van der Waals surface area contributed by atoms with E-state index in [0.717, 1.165) is 0 Å². The molecule has 0 aliphatic heterocycles. The van der Waals surface area contributed by atoms with Crippen LogP contribution < -0.4 is 9.47 Å². The molecule has 0 aliphatic carbocycles. The fourth-order valence-corrected chi connectivity index (χ4v) is 1.45. The first-order chi connectivity index (χ1) is 7.51. The number of carbonyl (C=O) groups is 1. The third kappa shape index (κ3) is 2.39. The maximum atomic E-state index is 11.8. The van der Waals surface area contributed by atoms with Gasteiger partial charge in [0.15, 0.2) is 5.78 Å². The van der Waals surface area contributed by atoms with E-state index in [4.69, 9.17) is 21.1 Å². The van der Waals surface area contributed by atoms with E-state index in [1.54, 1.807) is 6.92 Å². The van der Waals surface area contributed by atoms with Crippen LogP contribution in [0.15, 0.2) is 12.1 Å². The van der Waals surface area contributed by atoms with Gasteiger partial charge in [0.1, 0.15) is 22.8 Å². The number of halogens is 1. The second kappa shape index (κ2) is 5.07. The Kier molecular flexibility index (Phi) is 4.01. The van der Waals surface area contributed by atoms with Crippen molar-refractivity contribution in [3.8, 4) is 17.2 Å². The molecule has 1 unspecified atom stereocenters. The van der Waals surface area contributed by atoms with Gasteiger partial charge in [0.2, 0.25) is 0 Å². The number of benzene rings is 1. The second-order valence-electron chi connectivity index (χ2n) is 3.21. The summed E-state index contributed by atoms with van der Waals surface area (Å²) in [5, 5.41) is 8.71. The molecule has 0 saturated carbocycles. The van der Waals surface area contributed by atoms with Crippen LogP contribution in [-0.2, 0) is 0 Å². The number of hydrogen-bond donors (Lipinski definition) is 1. The van der Waals surface area contributed by atoms with Crippen LogP contribution in [0.1, 0.15) is 17.3 Å². The lowest BCUT2D eigenvalue weighted by Crippen LogP contribution is -2.13. The highest BCUT2D eigenvalue weighted by atomic mass is 35.5. The van der Waals surface area contributed by atoms with Crippen molar-refractivity contribution in [1.29, 1.82) is 0 Å². The van der Waals surface area contributed by atoms with Gasteiger partial charge in [0, 0.05) is 12.1 Å². The smallest absolute Gasteiger partial charge is 0.187 e. The van der Waals surface area contributed by atoms with Crippen LogP contribution in [0.4, 0.5) is 0 Å². The lowest BCUT2D eigenvalue weighted by Gasteiger charge is -2.13. The highest BCUT2D eigenvalue weighted by molar-refractivity contribution is 6.34. The summed E-state index contributed by atoms with van der Waals surface area (Å²) in [5.41, 5.74) is 0.241. The maximum absolute atomic E-state index is 11.8. The third-order valence-electron chi connectivity index (χ3n) is 2.10. The number of phenols is 1. The van der Waals surface area contributed by atoms with Gasteiger partial charge in [-0.15, -0.1) is 11.6 Å². The molecule has 5 heteroatoms. The third-order valence-corrected chi connectivity index (χ3v) is 2.30. The number of methoxy groups -OCH3 is 2. The monoisotopic (exact) mass is 244 g/mol. The second-order valence-corrected chi connectivity index (χ2v) is 3.86. The molecule has 0 heterocycles. The largest absolute Gasteiger partial charge is 0.508 e. The molecule has 1 aromatic rings. The van der Waals surface area contributed by atoms with Crippen molar-refractivity contribution in [2.75, 3.05) is 14.2 Å². The van der Waals surface area contributed by atoms with Crippen LogP contribution in [0.5, 0.6) is 17.2 Å². The molecule has 16 heavy (non-hydrogen) atoms. The maximum Gasteiger partial charge on any atom is 0.187 e. The van der Waals surface area contributed by atoms with Gasteiger partial charge in [-0.25, -0.2) is 0 Å². The molecule has 0 aromatic heterocycles. The van der Waals surface area contributed by atoms with Gasteiger partial charge < -0.3 is 14.6 Å². The zero-order chi connectivity index (χ0) is 12.3. The number of rotatable bonds is 4. The molecular weight excluding hydrogens is 232 g/mol. The van der Waals surface area contributed by atoms with Gasteiger partial charge >= 0.3 is 0 Å². The topological polar surface area (TPSA) is 55.8 Å². The number of carbonyl (C=O) groups excluding carboxylic acids is 1. The molecule has 88 valence electrons. The van der Waals surface area contributed by atoms with Gasteiger partial charge in [0.05, 0.1) is 19.6 Å². The predicted octanol–water partition coefficient (Wildman–Crippen LogP) is 2.22. The first kappa shape index (κ1) is 12.6. The molecule has 1 aromatic carbocycles. The Balaban J connectivity index is 3.38. The molecule has 1 atom stereocenters. The van der Waals surface area contributed by atoms with Crippen LogP contribution in [0, 0.1) is 0 Å². The Labute approximate surface area is 98.7 Å². The van der Waals surface area contributed by atoms with E-state index in [1.165, 1.54) is 26.4 Å². The summed E-state index contributed by atoms with van der Waals surface area (Å²) < 4.78 is 10.0. The van der Waals surface area contributed by atoms with Crippen molar-refractivity contribution in [2.45, 2.75) is 12.3 Å². The van der Waals surface area contributed by atoms with Gasteiger partial charge in [-0.1, -0.05) is 0 Å². The number of ether oxygens (including phenoxy) is 2. The van der Waals surface area contributed by atoms with E-state index in [9.17, 15) is 9.90 Å². The fraction of sp³-hybridized carbons (Fsp3) is 0.364. The highest BCUT2D eigenvalue weighted by Crippen LogP contribution is 2.34. The quantitative estimate of drug-likeness (QED) is 0.652. The zero-order valence-corrected chi connectivity index (χ0v) is 10.0. The number of ketones is 1. The minimum atomic E-state index is -0.688. The molecule has 0 saturated heterocycles. The van der Waals surface area contributed by atoms with Crippen LogP contribution >= 0.6 is 11.6 Å². The minimum absolute atomic E-state index is 0.0347. The van der Waals surface area contributed by atoms with Crippen LogP contribution in [0.2, 0.25) is 0 Å². The summed E-state index contributed by atoms with van der Waals surface area (Å²) in [7, 11) is 2.81. The summed E-state index contributed by atoms with van der Waals surface area (Å²) >= 11 is 5.74. The number of hydrogen-bond acceptors (Lipinski definition) is 4. The summed E-state index contributed by atoms with van der Waals surface area (Å²) in [4.78, 5) is 11.8. The molecule has 0 aliphatic rings. The lowest BCUT2D eigenvalue weighted by molar-refractivity contribution is 0.0985. The van der Waals surface area contributed by atoms with Gasteiger partial charge in [-0.2, -0.15) is 0 Å². The predicted molar refractivity (Wildman–Crippen MR) is 60.9 cm³/mol. The lowest BCUT2D eigenvalue weighted by atomic mass is 10.1. The number of phenolic OH excluding ortho intramolecular Hbond substituents is 1. The van der Waals surface area contributed by atoms with Crippen LogP contribution in [0.25, 0.3) is 0 Å². The summed E-state index contributed by atoms with van der Waals surface area (Å²) in [5.74, 6) is 0.145.